The first-order valence-corrected chi connectivity index (χ1v) is 7.93. The van der Waals surface area contributed by atoms with Crippen LogP contribution in [0.2, 0.25) is 5.02 Å². The SMILES string of the molecule is CC(C)(Oc1ccc(Cl)cc1)C(=O)N1CCC(n2ccnn2)C1. The number of hydrogen-bond acceptors (Lipinski definition) is 4. The summed E-state index contributed by atoms with van der Waals surface area (Å²) in [7, 11) is 0. The molecule has 1 aromatic heterocycles. The van der Waals surface area contributed by atoms with Crippen molar-refractivity contribution in [1.82, 2.24) is 19.9 Å². The summed E-state index contributed by atoms with van der Waals surface area (Å²) in [6.07, 6.45) is 4.35. The fourth-order valence-electron chi connectivity index (χ4n) is 2.78. The Bertz CT molecular complexity index is 670. The smallest absolute Gasteiger partial charge is 0.266 e. The average molecular weight is 335 g/mol. The summed E-state index contributed by atoms with van der Waals surface area (Å²) in [6.45, 7) is 4.88. The van der Waals surface area contributed by atoms with Crippen molar-refractivity contribution in [3.8, 4) is 5.75 Å². The minimum atomic E-state index is -0.939. The van der Waals surface area contributed by atoms with Crippen LogP contribution in [0.25, 0.3) is 0 Å². The molecule has 1 fully saturated rings. The maximum atomic E-state index is 12.8. The quantitative estimate of drug-likeness (QED) is 0.862. The molecule has 122 valence electrons. The first-order valence-electron chi connectivity index (χ1n) is 7.55. The molecule has 0 N–H and O–H groups in total. The number of halogens is 1. The highest BCUT2D eigenvalue weighted by Gasteiger charge is 2.38. The summed E-state index contributed by atoms with van der Waals surface area (Å²) < 4.78 is 7.68. The molecule has 1 atom stereocenters. The number of hydrogen-bond donors (Lipinski definition) is 0. The summed E-state index contributed by atoms with van der Waals surface area (Å²) in [5.41, 5.74) is -0.939. The molecule has 1 saturated heterocycles. The van der Waals surface area contributed by atoms with E-state index in [1.54, 1.807) is 49.0 Å². The second-order valence-corrected chi connectivity index (χ2v) is 6.58. The lowest BCUT2D eigenvalue weighted by molar-refractivity contribution is -0.144. The predicted molar refractivity (Wildman–Crippen MR) is 86.4 cm³/mol. The molecule has 1 unspecified atom stereocenters. The lowest BCUT2D eigenvalue weighted by atomic mass is 10.1. The highest BCUT2D eigenvalue weighted by atomic mass is 35.5. The minimum Gasteiger partial charge on any atom is -0.478 e. The van der Waals surface area contributed by atoms with E-state index in [1.165, 1.54) is 0 Å². The van der Waals surface area contributed by atoms with Gasteiger partial charge in [0.05, 0.1) is 12.2 Å². The van der Waals surface area contributed by atoms with Crippen LogP contribution < -0.4 is 4.74 Å². The standard InChI is InChI=1S/C16H19ClN4O2/c1-16(2,23-14-5-3-12(17)4-6-14)15(22)20-9-7-13(11-20)21-10-8-18-19-21/h3-6,8,10,13H,7,9,11H2,1-2H3. The van der Waals surface area contributed by atoms with Crippen molar-refractivity contribution in [3.63, 3.8) is 0 Å². The number of aromatic nitrogens is 3. The third-order valence-electron chi connectivity index (χ3n) is 3.97. The van der Waals surface area contributed by atoms with Crippen LogP contribution in [0.4, 0.5) is 0 Å². The molecule has 0 aliphatic carbocycles. The van der Waals surface area contributed by atoms with Gasteiger partial charge in [-0.05, 0) is 44.5 Å². The third kappa shape index (κ3) is 3.47. The Morgan fingerprint density at radius 1 is 1.35 bits per heavy atom. The molecule has 0 radical (unpaired) electrons. The number of ether oxygens (including phenoxy) is 1. The normalized spacial score (nSPS) is 18.2. The van der Waals surface area contributed by atoms with E-state index in [9.17, 15) is 4.79 Å². The molecule has 1 aliphatic heterocycles. The Morgan fingerprint density at radius 3 is 2.74 bits per heavy atom. The van der Waals surface area contributed by atoms with Gasteiger partial charge in [0.15, 0.2) is 5.60 Å². The van der Waals surface area contributed by atoms with E-state index in [2.05, 4.69) is 10.3 Å². The van der Waals surface area contributed by atoms with Crippen LogP contribution in [0, 0.1) is 0 Å². The fraction of sp³-hybridized carbons (Fsp3) is 0.438. The van der Waals surface area contributed by atoms with Crippen molar-refractivity contribution >= 4 is 17.5 Å². The summed E-state index contributed by atoms with van der Waals surface area (Å²) in [4.78, 5) is 14.6. The molecule has 1 aliphatic rings. The zero-order chi connectivity index (χ0) is 16.4. The Morgan fingerprint density at radius 2 is 2.09 bits per heavy atom. The van der Waals surface area contributed by atoms with E-state index < -0.39 is 5.60 Å². The first-order chi connectivity index (χ1) is 11.0. The maximum absolute atomic E-state index is 12.8. The van der Waals surface area contributed by atoms with Gasteiger partial charge in [0.2, 0.25) is 0 Å². The van der Waals surface area contributed by atoms with Crippen LogP contribution >= 0.6 is 11.6 Å². The Kier molecular flexibility index (Phi) is 4.26. The topological polar surface area (TPSA) is 60.2 Å². The molecular weight excluding hydrogens is 316 g/mol. The average Bonchev–Trinajstić information content (AvgIpc) is 3.19. The highest BCUT2D eigenvalue weighted by Crippen LogP contribution is 2.26. The van der Waals surface area contributed by atoms with Crippen LogP contribution in [-0.2, 0) is 4.79 Å². The van der Waals surface area contributed by atoms with Crippen molar-refractivity contribution in [2.75, 3.05) is 13.1 Å². The van der Waals surface area contributed by atoms with E-state index in [-0.39, 0.29) is 11.9 Å². The van der Waals surface area contributed by atoms with E-state index >= 15 is 0 Å². The van der Waals surface area contributed by atoms with Gasteiger partial charge in [0.25, 0.3) is 5.91 Å². The summed E-state index contributed by atoms with van der Waals surface area (Å²) in [5.74, 6) is 0.592. The lowest BCUT2D eigenvalue weighted by Gasteiger charge is -2.30. The highest BCUT2D eigenvalue weighted by molar-refractivity contribution is 6.30. The van der Waals surface area contributed by atoms with Crippen LogP contribution in [0.3, 0.4) is 0 Å². The number of carbonyl (C=O) groups excluding carboxylic acids is 1. The Balaban J connectivity index is 1.65. The van der Waals surface area contributed by atoms with Crippen molar-refractivity contribution in [2.24, 2.45) is 0 Å². The molecule has 2 heterocycles. The summed E-state index contributed by atoms with van der Waals surface area (Å²) >= 11 is 5.87. The van der Waals surface area contributed by atoms with Crippen LogP contribution in [0.5, 0.6) is 5.75 Å². The first kappa shape index (κ1) is 15.8. The number of rotatable bonds is 4. The van der Waals surface area contributed by atoms with Crippen LogP contribution in [0.1, 0.15) is 26.3 Å². The minimum absolute atomic E-state index is 0.0323. The van der Waals surface area contributed by atoms with Crippen molar-refractivity contribution in [3.05, 3.63) is 41.7 Å². The van der Waals surface area contributed by atoms with Crippen LogP contribution in [0.15, 0.2) is 36.7 Å². The van der Waals surface area contributed by atoms with Crippen LogP contribution in [-0.4, -0.2) is 44.5 Å². The summed E-state index contributed by atoms with van der Waals surface area (Å²) in [5, 5.41) is 8.47. The van der Waals surface area contributed by atoms with Gasteiger partial charge in [0.1, 0.15) is 5.75 Å². The zero-order valence-corrected chi connectivity index (χ0v) is 13.9. The number of benzene rings is 1. The summed E-state index contributed by atoms with van der Waals surface area (Å²) in [6, 6.07) is 7.19. The fourth-order valence-corrected chi connectivity index (χ4v) is 2.90. The molecule has 0 saturated carbocycles. The van der Waals surface area contributed by atoms with E-state index in [0.717, 1.165) is 6.42 Å². The number of likely N-dealkylation sites (tertiary alicyclic amines) is 1. The zero-order valence-electron chi connectivity index (χ0n) is 13.1. The van der Waals surface area contributed by atoms with Gasteiger partial charge in [-0.15, -0.1) is 5.10 Å². The maximum Gasteiger partial charge on any atom is 0.266 e. The molecule has 3 rings (SSSR count). The molecule has 7 heteroatoms. The molecule has 6 nitrogen and oxygen atoms in total. The molecule has 23 heavy (non-hydrogen) atoms. The van der Waals surface area contributed by atoms with Crippen molar-refractivity contribution in [2.45, 2.75) is 31.9 Å². The molecule has 1 amide bonds. The van der Waals surface area contributed by atoms with E-state index in [1.807, 2.05) is 11.1 Å². The molecular formula is C16H19ClN4O2. The lowest BCUT2D eigenvalue weighted by Crippen LogP contribution is -2.48. The van der Waals surface area contributed by atoms with E-state index in [4.69, 9.17) is 16.3 Å². The van der Waals surface area contributed by atoms with Gasteiger partial charge in [-0.3, -0.25) is 4.79 Å². The van der Waals surface area contributed by atoms with Gasteiger partial charge in [-0.25, -0.2) is 4.68 Å². The second kappa shape index (κ2) is 6.20. The van der Waals surface area contributed by atoms with Gasteiger partial charge >= 0.3 is 0 Å². The van der Waals surface area contributed by atoms with Gasteiger partial charge < -0.3 is 9.64 Å². The van der Waals surface area contributed by atoms with Gasteiger partial charge in [-0.2, -0.15) is 0 Å². The Hall–Kier alpha value is -2.08. The second-order valence-electron chi connectivity index (χ2n) is 6.14. The molecule has 0 spiro atoms. The van der Waals surface area contributed by atoms with Gasteiger partial charge in [-0.1, -0.05) is 16.8 Å². The predicted octanol–water partition coefficient (Wildman–Crippen LogP) is 2.56. The molecule has 2 aromatic rings. The third-order valence-corrected chi connectivity index (χ3v) is 4.22. The van der Waals surface area contributed by atoms with Gasteiger partial charge in [0, 0.05) is 24.3 Å². The number of nitrogens with zero attached hydrogens (tertiary/aromatic N) is 4. The molecule has 0 bridgehead atoms. The monoisotopic (exact) mass is 334 g/mol. The largest absolute Gasteiger partial charge is 0.478 e. The number of carbonyl (C=O) groups is 1. The van der Waals surface area contributed by atoms with Crippen molar-refractivity contribution in [1.29, 1.82) is 0 Å². The molecule has 1 aromatic carbocycles. The number of amides is 1. The van der Waals surface area contributed by atoms with Crippen molar-refractivity contribution < 1.29 is 9.53 Å². The van der Waals surface area contributed by atoms with E-state index in [0.29, 0.717) is 23.9 Å². The Labute approximate surface area is 140 Å².